The number of phenols is 2. The van der Waals surface area contributed by atoms with Crippen LogP contribution in [0.1, 0.15) is 45.4 Å². The highest BCUT2D eigenvalue weighted by molar-refractivity contribution is 7.12. The number of aromatic hydroxyl groups is 2. The second-order valence-electron chi connectivity index (χ2n) is 9.59. The van der Waals surface area contributed by atoms with E-state index in [4.69, 9.17) is 15.2 Å². The van der Waals surface area contributed by atoms with E-state index < -0.39 is 0 Å². The number of guanidine groups is 1. The third-order valence-corrected chi connectivity index (χ3v) is 7.32. The van der Waals surface area contributed by atoms with Crippen molar-refractivity contribution in [2.45, 2.75) is 45.8 Å². The van der Waals surface area contributed by atoms with Crippen molar-refractivity contribution in [3.63, 3.8) is 0 Å². The van der Waals surface area contributed by atoms with Gasteiger partial charge in [-0.1, -0.05) is 30.0 Å². The first-order chi connectivity index (χ1) is 21.3. The Kier molecular flexibility index (Phi) is 11.5. The van der Waals surface area contributed by atoms with Gasteiger partial charge in [0.2, 0.25) is 5.88 Å². The first-order valence-corrected chi connectivity index (χ1v) is 14.7. The number of nitrogens with zero attached hydrogens (tertiary/aromatic N) is 5. The maximum absolute atomic E-state index is 9.64. The van der Waals surface area contributed by atoms with Gasteiger partial charge in [0.05, 0.1) is 19.3 Å². The van der Waals surface area contributed by atoms with Crippen LogP contribution < -0.4 is 20.5 Å². The van der Waals surface area contributed by atoms with Gasteiger partial charge in [-0.2, -0.15) is 4.98 Å². The summed E-state index contributed by atoms with van der Waals surface area (Å²) in [5.74, 6) is 9.27. The number of aliphatic imine (C=N–C) groups is 2. The normalized spacial score (nSPS) is 12.2. The molecule has 44 heavy (non-hydrogen) atoms. The number of nitrogens with two attached hydrogens (primary N) is 1. The van der Waals surface area contributed by atoms with Gasteiger partial charge < -0.3 is 30.7 Å². The van der Waals surface area contributed by atoms with Gasteiger partial charge in [-0.15, -0.1) is 11.3 Å². The second kappa shape index (κ2) is 15.9. The molecular formula is C32H35N7O4S. The number of rotatable bonds is 9. The molecule has 0 amide bonds. The summed E-state index contributed by atoms with van der Waals surface area (Å²) in [6.45, 7) is 2.69. The minimum Gasteiger partial charge on any atom is -0.508 e. The van der Waals surface area contributed by atoms with Crippen molar-refractivity contribution in [3.8, 4) is 35.0 Å². The Morgan fingerprint density at radius 3 is 2.64 bits per heavy atom. The number of ether oxygens (including phenoxy) is 2. The number of fused-ring (bicyclic) bond motifs is 1. The van der Waals surface area contributed by atoms with Crippen LogP contribution in [0.5, 0.6) is 23.1 Å². The minimum atomic E-state index is 0.115. The van der Waals surface area contributed by atoms with Gasteiger partial charge in [0, 0.05) is 38.6 Å². The SMILES string of the molecule is CN=C(CCc1ccc(O)c(OC)c1)NC(N)=NCc1ccc(O)cc1.Cc1nccc(OCc2nc3c(s2)C#CCC3)n1. The molecule has 11 nitrogen and oxygen atoms in total. The maximum Gasteiger partial charge on any atom is 0.216 e. The fraction of sp³-hybridized carbons (Fsp3) is 0.281. The minimum absolute atomic E-state index is 0.115. The Morgan fingerprint density at radius 1 is 1.11 bits per heavy atom. The number of thiazole rings is 1. The van der Waals surface area contributed by atoms with E-state index in [1.54, 1.807) is 67.0 Å². The van der Waals surface area contributed by atoms with E-state index in [1.807, 2.05) is 13.0 Å². The molecule has 0 saturated carbocycles. The molecule has 1 aliphatic rings. The number of phenolic OH excluding ortho intramolecular Hbond substituents is 2. The van der Waals surface area contributed by atoms with Crippen molar-refractivity contribution in [1.29, 1.82) is 0 Å². The van der Waals surface area contributed by atoms with Crippen LogP contribution in [0.2, 0.25) is 0 Å². The van der Waals surface area contributed by atoms with E-state index in [0.29, 0.717) is 49.3 Å². The van der Waals surface area contributed by atoms with Gasteiger partial charge >= 0.3 is 0 Å². The highest BCUT2D eigenvalue weighted by Crippen LogP contribution is 2.27. The molecule has 4 aromatic rings. The van der Waals surface area contributed by atoms with Crippen molar-refractivity contribution >= 4 is 23.1 Å². The molecule has 1 aliphatic carbocycles. The van der Waals surface area contributed by atoms with E-state index in [2.05, 4.69) is 42.1 Å². The molecule has 0 aliphatic heterocycles. The van der Waals surface area contributed by atoms with E-state index in [1.165, 1.54) is 7.11 Å². The number of hydrogen-bond donors (Lipinski definition) is 4. The Labute approximate surface area is 260 Å². The average molecular weight is 614 g/mol. The summed E-state index contributed by atoms with van der Waals surface area (Å²) < 4.78 is 10.7. The Morgan fingerprint density at radius 2 is 1.91 bits per heavy atom. The zero-order valence-corrected chi connectivity index (χ0v) is 25.7. The molecule has 2 aromatic carbocycles. The van der Waals surface area contributed by atoms with Crippen molar-refractivity contribution in [2.75, 3.05) is 14.2 Å². The molecule has 2 aromatic heterocycles. The number of amidine groups is 1. The van der Waals surface area contributed by atoms with Gasteiger partial charge in [0.15, 0.2) is 17.5 Å². The second-order valence-corrected chi connectivity index (χ2v) is 10.7. The van der Waals surface area contributed by atoms with Crippen LogP contribution >= 0.6 is 11.3 Å². The van der Waals surface area contributed by atoms with Crippen LogP contribution in [0.15, 0.2) is 64.7 Å². The van der Waals surface area contributed by atoms with Crippen LogP contribution in [-0.2, 0) is 26.0 Å². The quantitative estimate of drug-likeness (QED) is 0.123. The van der Waals surface area contributed by atoms with Gasteiger partial charge in [-0.25, -0.2) is 15.0 Å². The fourth-order valence-corrected chi connectivity index (χ4v) is 4.94. The Bertz CT molecular complexity index is 1670. The summed E-state index contributed by atoms with van der Waals surface area (Å²) in [5, 5.41) is 22.9. The lowest BCUT2D eigenvalue weighted by atomic mass is 10.1. The lowest BCUT2D eigenvalue weighted by Gasteiger charge is -2.10. The van der Waals surface area contributed by atoms with Crippen molar-refractivity contribution in [3.05, 3.63) is 87.3 Å². The molecule has 12 heteroatoms. The zero-order valence-electron chi connectivity index (χ0n) is 24.9. The lowest BCUT2D eigenvalue weighted by molar-refractivity contribution is 0.291. The van der Waals surface area contributed by atoms with Crippen LogP contribution in [-0.4, -0.2) is 51.1 Å². The van der Waals surface area contributed by atoms with Crippen LogP contribution in [0.3, 0.4) is 0 Å². The van der Waals surface area contributed by atoms with Crippen molar-refractivity contribution < 1.29 is 19.7 Å². The molecule has 0 spiro atoms. The van der Waals surface area contributed by atoms with E-state index in [0.717, 1.165) is 39.5 Å². The number of aromatic nitrogens is 3. The smallest absolute Gasteiger partial charge is 0.216 e. The Hall–Kier alpha value is -5.15. The third-order valence-electron chi connectivity index (χ3n) is 6.33. The number of hydrogen-bond acceptors (Lipinski definition) is 10. The predicted molar refractivity (Wildman–Crippen MR) is 171 cm³/mol. The third kappa shape index (κ3) is 9.71. The number of aryl methyl sites for hydroxylation is 3. The number of benzene rings is 2. The molecule has 0 atom stereocenters. The fourth-order valence-electron chi connectivity index (χ4n) is 4.04. The topological polar surface area (TPSA) is 160 Å². The summed E-state index contributed by atoms with van der Waals surface area (Å²) >= 11 is 1.61. The van der Waals surface area contributed by atoms with E-state index >= 15 is 0 Å². The van der Waals surface area contributed by atoms with E-state index in [-0.39, 0.29) is 17.5 Å². The van der Waals surface area contributed by atoms with Gasteiger partial charge in [0.1, 0.15) is 33.9 Å². The number of methoxy groups -OCH3 is 1. The summed E-state index contributed by atoms with van der Waals surface area (Å²) in [6.07, 6.45) is 4.89. The zero-order chi connectivity index (χ0) is 31.3. The van der Waals surface area contributed by atoms with E-state index in [9.17, 15) is 10.2 Å². The monoisotopic (exact) mass is 613 g/mol. The summed E-state index contributed by atoms with van der Waals surface area (Å²) in [6, 6.07) is 13.8. The van der Waals surface area contributed by atoms with Gasteiger partial charge in [-0.3, -0.25) is 4.99 Å². The summed E-state index contributed by atoms with van der Waals surface area (Å²) in [5.41, 5.74) is 8.98. The van der Waals surface area contributed by atoms with Crippen LogP contribution in [0.25, 0.3) is 0 Å². The predicted octanol–water partition coefficient (Wildman–Crippen LogP) is 4.29. The number of nitrogens with one attached hydrogen (secondary N) is 1. The molecular weight excluding hydrogens is 578 g/mol. The first kappa shape index (κ1) is 31.8. The van der Waals surface area contributed by atoms with Crippen molar-refractivity contribution in [1.82, 2.24) is 20.3 Å². The highest BCUT2D eigenvalue weighted by atomic mass is 32.1. The molecule has 228 valence electrons. The van der Waals surface area contributed by atoms with Gasteiger partial charge in [-0.05, 0) is 48.7 Å². The molecule has 2 heterocycles. The molecule has 5 rings (SSSR count). The molecule has 0 radical (unpaired) electrons. The summed E-state index contributed by atoms with van der Waals surface area (Å²) in [7, 11) is 3.21. The molecule has 0 fully saturated rings. The lowest BCUT2D eigenvalue weighted by Crippen LogP contribution is -2.37. The van der Waals surface area contributed by atoms with Crippen molar-refractivity contribution in [2.24, 2.45) is 15.7 Å². The largest absolute Gasteiger partial charge is 0.508 e. The molecule has 0 unspecified atom stereocenters. The molecule has 5 N–H and O–H groups in total. The maximum atomic E-state index is 9.64. The summed E-state index contributed by atoms with van der Waals surface area (Å²) in [4.78, 5) is 22.3. The first-order valence-electron chi connectivity index (χ1n) is 13.9. The van der Waals surface area contributed by atoms with Gasteiger partial charge in [0.25, 0.3) is 0 Å². The standard InChI is InChI=1S/C19H24N4O3.C13H11N3OS/c1-21-18(10-6-13-5-9-16(25)17(11-13)26-2)23-19(20)22-12-14-3-7-15(24)8-4-14;1-9-14-7-6-12(15-9)17-8-13-16-10-4-2-3-5-11(10)18-13/h3-5,7-9,11,24-25H,6,10,12H2,1-2H3,(H3,20,21,22,23);6-7H,2,4,8H2,1H3. The van der Waals surface area contributed by atoms with Crippen LogP contribution in [0, 0.1) is 18.8 Å². The highest BCUT2D eigenvalue weighted by Gasteiger charge is 2.12. The Balaban J connectivity index is 0.000000213. The van der Waals surface area contributed by atoms with Crippen LogP contribution in [0.4, 0.5) is 0 Å². The average Bonchev–Trinajstić information content (AvgIpc) is 3.46. The molecule has 0 bridgehead atoms. The molecule has 0 saturated heterocycles.